The van der Waals surface area contributed by atoms with Crippen LogP contribution in [0.3, 0.4) is 0 Å². The van der Waals surface area contributed by atoms with Crippen LogP contribution in [0, 0.1) is 0 Å². The summed E-state index contributed by atoms with van der Waals surface area (Å²) in [5, 5.41) is 4.34. The number of anilines is 2. The topological polar surface area (TPSA) is 38.5 Å². The first-order valence-electron chi connectivity index (χ1n) is 7.58. The molecule has 0 radical (unpaired) electrons. The number of nitrogens with two attached hydrogens (primary N) is 1. The Morgan fingerprint density at radius 1 is 1.33 bits per heavy atom. The van der Waals surface area contributed by atoms with Crippen molar-refractivity contribution in [2.75, 3.05) is 17.2 Å². The number of para-hydroxylation sites is 1. The van der Waals surface area contributed by atoms with E-state index < -0.39 is 0 Å². The van der Waals surface area contributed by atoms with Crippen LogP contribution in [0.15, 0.2) is 35.0 Å². The van der Waals surface area contributed by atoms with Crippen LogP contribution in [0.1, 0.15) is 31.7 Å². The largest absolute Gasteiger partial charge is 0.491 e. The van der Waals surface area contributed by atoms with Gasteiger partial charge in [0.1, 0.15) is 5.75 Å². The molecular formula is C17H22N2OS. The van der Waals surface area contributed by atoms with Crippen LogP contribution >= 0.6 is 11.3 Å². The molecule has 0 saturated heterocycles. The van der Waals surface area contributed by atoms with Crippen LogP contribution in [0.2, 0.25) is 0 Å². The molecule has 1 aromatic heterocycles. The number of nitrogen functional groups attached to an aromatic ring is 1. The molecule has 0 spiro atoms. The number of rotatable bonds is 7. The zero-order chi connectivity index (χ0) is 14.7. The molecule has 0 unspecified atom stereocenters. The molecule has 4 heteroatoms. The van der Waals surface area contributed by atoms with Gasteiger partial charge in [0, 0.05) is 12.6 Å². The first-order valence-corrected chi connectivity index (χ1v) is 8.53. The van der Waals surface area contributed by atoms with Gasteiger partial charge in [-0.25, -0.2) is 0 Å². The van der Waals surface area contributed by atoms with Gasteiger partial charge in [-0.1, -0.05) is 13.0 Å². The summed E-state index contributed by atoms with van der Waals surface area (Å²) >= 11 is 1.74. The molecule has 2 aromatic rings. The maximum atomic E-state index is 6.36. The van der Waals surface area contributed by atoms with Gasteiger partial charge in [-0.2, -0.15) is 11.3 Å². The van der Waals surface area contributed by atoms with Gasteiger partial charge in [-0.15, -0.1) is 0 Å². The predicted molar refractivity (Wildman–Crippen MR) is 90.2 cm³/mol. The minimum absolute atomic E-state index is 0.619. The highest BCUT2D eigenvalue weighted by Crippen LogP contribution is 2.39. The smallest absolute Gasteiger partial charge is 0.144 e. The van der Waals surface area contributed by atoms with E-state index in [9.17, 15) is 0 Å². The molecule has 1 aliphatic rings. The molecule has 3 rings (SSSR count). The molecule has 1 fully saturated rings. The summed E-state index contributed by atoms with van der Waals surface area (Å²) in [6, 6.07) is 8.92. The van der Waals surface area contributed by atoms with Gasteiger partial charge in [-0.05, 0) is 53.8 Å². The zero-order valence-electron chi connectivity index (χ0n) is 12.4. The van der Waals surface area contributed by atoms with E-state index in [4.69, 9.17) is 10.5 Å². The van der Waals surface area contributed by atoms with Crippen LogP contribution in [-0.2, 0) is 6.54 Å². The van der Waals surface area contributed by atoms with Crippen molar-refractivity contribution < 1.29 is 4.74 Å². The fraction of sp³-hybridized carbons (Fsp3) is 0.412. The highest BCUT2D eigenvalue weighted by atomic mass is 32.1. The predicted octanol–water partition coefficient (Wildman–Crippen LogP) is 4.29. The van der Waals surface area contributed by atoms with E-state index in [1.165, 1.54) is 18.4 Å². The number of ether oxygens (including phenoxy) is 1. The normalized spacial score (nSPS) is 14.1. The summed E-state index contributed by atoms with van der Waals surface area (Å²) in [6.45, 7) is 3.74. The standard InChI is InChI=1S/C17H22N2OS/c1-2-9-20-16-5-3-4-15(17(16)18)19(14-6-7-14)11-13-8-10-21-12-13/h3-5,8,10,12,14H,2,6-7,9,11,18H2,1H3. The Bertz CT molecular complexity index is 578. The summed E-state index contributed by atoms with van der Waals surface area (Å²) in [5.74, 6) is 0.810. The summed E-state index contributed by atoms with van der Waals surface area (Å²) in [6.07, 6.45) is 3.50. The molecule has 1 saturated carbocycles. The average molecular weight is 302 g/mol. The minimum Gasteiger partial charge on any atom is -0.491 e. The lowest BCUT2D eigenvalue weighted by Crippen LogP contribution is -2.25. The number of hydrogen-bond acceptors (Lipinski definition) is 4. The third kappa shape index (κ3) is 3.32. The summed E-state index contributed by atoms with van der Waals surface area (Å²) in [4.78, 5) is 2.43. The van der Waals surface area contributed by atoms with Gasteiger partial charge >= 0.3 is 0 Å². The molecule has 0 atom stereocenters. The second-order valence-corrected chi connectivity index (χ2v) is 6.31. The van der Waals surface area contributed by atoms with Crippen molar-refractivity contribution in [3.05, 3.63) is 40.6 Å². The molecule has 0 amide bonds. The van der Waals surface area contributed by atoms with E-state index in [0.29, 0.717) is 12.6 Å². The zero-order valence-corrected chi connectivity index (χ0v) is 13.2. The van der Waals surface area contributed by atoms with Gasteiger partial charge in [0.15, 0.2) is 0 Å². The van der Waals surface area contributed by atoms with Gasteiger partial charge in [0.25, 0.3) is 0 Å². The molecule has 112 valence electrons. The lowest BCUT2D eigenvalue weighted by molar-refractivity contribution is 0.319. The maximum Gasteiger partial charge on any atom is 0.144 e. The Hall–Kier alpha value is -1.68. The van der Waals surface area contributed by atoms with Gasteiger partial charge in [-0.3, -0.25) is 0 Å². The Morgan fingerprint density at radius 3 is 2.86 bits per heavy atom. The van der Waals surface area contributed by atoms with E-state index in [1.54, 1.807) is 11.3 Å². The fourth-order valence-electron chi connectivity index (χ4n) is 2.50. The van der Waals surface area contributed by atoms with Crippen LogP contribution in [0.5, 0.6) is 5.75 Å². The lowest BCUT2D eigenvalue weighted by Gasteiger charge is -2.26. The van der Waals surface area contributed by atoms with Crippen LogP contribution in [0.25, 0.3) is 0 Å². The molecular weight excluding hydrogens is 280 g/mol. The number of benzene rings is 1. The summed E-state index contributed by atoms with van der Waals surface area (Å²) in [5.41, 5.74) is 9.59. The fourth-order valence-corrected chi connectivity index (χ4v) is 3.16. The van der Waals surface area contributed by atoms with Crippen molar-refractivity contribution in [3.8, 4) is 5.75 Å². The monoisotopic (exact) mass is 302 g/mol. The SMILES string of the molecule is CCCOc1cccc(N(Cc2ccsc2)C2CC2)c1N. The molecule has 1 heterocycles. The first-order chi connectivity index (χ1) is 10.3. The summed E-state index contributed by atoms with van der Waals surface area (Å²) in [7, 11) is 0. The third-order valence-corrected chi connectivity index (χ3v) is 4.47. The van der Waals surface area contributed by atoms with E-state index >= 15 is 0 Å². The maximum absolute atomic E-state index is 6.36. The Labute approximate surface area is 130 Å². The van der Waals surface area contributed by atoms with Crippen molar-refractivity contribution in [2.45, 2.75) is 38.8 Å². The van der Waals surface area contributed by atoms with Crippen molar-refractivity contribution >= 4 is 22.7 Å². The number of thiophene rings is 1. The molecule has 1 aliphatic carbocycles. The highest BCUT2D eigenvalue weighted by molar-refractivity contribution is 7.07. The van der Waals surface area contributed by atoms with Gasteiger partial charge in [0.05, 0.1) is 18.0 Å². The Balaban J connectivity index is 1.85. The molecule has 0 aliphatic heterocycles. The van der Waals surface area contributed by atoms with Crippen molar-refractivity contribution in [1.82, 2.24) is 0 Å². The number of hydrogen-bond donors (Lipinski definition) is 1. The molecule has 0 bridgehead atoms. The van der Waals surface area contributed by atoms with Crippen molar-refractivity contribution in [2.24, 2.45) is 0 Å². The van der Waals surface area contributed by atoms with Crippen molar-refractivity contribution in [1.29, 1.82) is 0 Å². The highest BCUT2D eigenvalue weighted by Gasteiger charge is 2.30. The average Bonchev–Trinajstić information content (AvgIpc) is 3.21. The van der Waals surface area contributed by atoms with Crippen LogP contribution < -0.4 is 15.4 Å². The minimum atomic E-state index is 0.619. The number of nitrogens with zero attached hydrogens (tertiary/aromatic N) is 1. The lowest BCUT2D eigenvalue weighted by atomic mass is 10.2. The Morgan fingerprint density at radius 2 is 2.19 bits per heavy atom. The van der Waals surface area contributed by atoms with Gasteiger partial charge in [0.2, 0.25) is 0 Å². The van der Waals surface area contributed by atoms with E-state index in [2.05, 4.69) is 34.7 Å². The third-order valence-electron chi connectivity index (χ3n) is 3.73. The van der Waals surface area contributed by atoms with E-state index in [-0.39, 0.29) is 0 Å². The van der Waals surface area contributed by atoms with Crippen LogP contribution in [0.4, 0.5) is 11.4 Å². The van der Waals surface area contributed by atoms with E-state index in [0.717, 1.165) is 30.1 Å². The van der Waals surface area contributed by atoms with Crippen LogP contribution in [-0.4, -0.2) is 12.6 Å². The molecule has 1 aromatic carbocycles. The van der Waals surface area contributed by atoms with Crippen molar-refractivity contribution in [3.63, 3.8) is 0 Å². The quantitative estimate of drug-likeness (QED) is 0.775. The molecule has 2 N–H and O–H groups in total. The Kier molecular flexibility index (Phi) is 4.34. The molecule has 21 heavy (non-hydrogen) atoms. The van der Waals surface area contributed by atoms with Gasteiger partial charge < -0.3 is 15.4 Å². The summed E-state index contributed by atoms with van der Waals surface area (Å²) < 4.78 is 5.76. The second kappa shape index (κ2) is 6.39. The van der Waals surface area contributed by atoms with E-state index in [1.807, 2.05) is 12.1 Å². The second-order valence-electron chi connectivity index (χ2n) is 5.53. The first kappa shape index (κ1) is 14.3. The molecule has 3 nitrogen and oxygen atoms in total.